The molecule has 0 amide bonds. The number of carbonyl (C=O) groups excluding carboxylic acids is 1. The molecule has 1 aromatic carbocycles. The van der Waals surface area contributed by atoms with Gasteiger partial charge < -0.3 is 0 Å². The van der Waals surface area contributed by atoms with Crippen molar-refractivity contribution in [1.82, 2.24) is 4.90 Å². The molecular formula is C16H23NO. The highest BCUT2D eigenvalue weighted by Crippen LogP contribution is 2.31. The van der Waals surface area contributed by atoms with Gasteiger partial charge in [0.15, 0.2) is 5.78 Å². The van der Waals surface area contributed by atoms with Crippen molar-refractivity contribution in [2.75, 3.05) is 13.1 Å². The fraction of sp³-hybridized carbons (Fsp3) is 0.562. The van der Waals surface area contributed by atoms with Crippen molar-refractivity contribution in [3.05, 3.63) is 35.9 Å². The maximum absolute atomic E-state index is 12.9. The van der Waals surface area contributed by atoms with E-state index in [4.69, 9.17) is 0 Å². The van der Waals surface area contributed by atoms with Crippen molar-refractivity contribution in [2.24, 2.45) is 0 Å². The largest absolute Gasteiger partial charge is 0.292 e. The van der Waals surface area contributed by atoms with Gasteiger partial charge in [-0.2, -0.15) is 0 Å². The molecule has 2 heteroatoms. The van der Waals surface area contributed by atoms with E-state index in [1.54, 1.807) is 0 Å². The third kappa shape index (κ3) is 2.22. The fourth-order valence-corrected chi connectivity index (χ4v) is 3.17. The van der Waals surface area contributed by atoms with Gasteiger partial charge in [-0.1, -0.05) is 44.2 Å². The van der Waals surface area contributed by atoms with Gasteiger partial charge in [-0.05, 0) is 38.8 Å². The summed E-state index contributed by atoms with van der Waals surface area (Å²) in [6, 6.07) is 9.75. The molecule has 1 heterocycles. The molecule has 2 rings (SSSR count). The summed E-state index contributed by atoms with van der Waals surface area (Å²) < 4.78 is 0. The van der Waals surface area contributed by atoms with Crippen LogP contribution in [0.4, 0.5) is 0 Å². The quantitative estimate of drug-likeness (QED) is 0.740. The molecule has 0 aromatic heterocycles. The van der Waals surface area contributed by atoms with Gasteiger partial charge in [0.05, 0.1) is 5.54 Å². The SMILES string of the molecule is CCC(CC)(C(=O)c1ccccc1)N1CCCC1. The third-order valence-corrected chi connectivity index (χ3v) is 4.34. The average Bonchev–Trinajstić information content (AvgIpc) is 2.96. The van der Waals surface area contributed by atoms with E-state index in [2.05, 4.69) is 18.7 Å². The van der Waals surface area contributed by atoms with Crippen molar-refractivity contribution >= 4 is 5.78 Å². The topological polar surface area (TPSA) is 20.3 Å². The van der Waals surface area contributed by atoms with E-state index < -0.39 is 0 Å². The minimum Gasteiger partial charge on any atom is -0.292 e. The average molecular weight is 245 g/mol. The summed E-state index contributed by atoms with van der Waals surface area (Å²) in [7, 11) is 0. The van der Waals surface area contributed by atoms with Crippen LogP contribution in [0.15, 0.2) is 30.3 Å². The molecule has 1 fully saturated rings. The van der Waals surface area contributed by atoms with Gasteiger partial charge in [-0.25, -0.2) is 0 Å². The number of nitrogens with zero attached hydrogens (tertiary/aromatic N) is 1. The molecule has 98 valence electrons. The number of hydrogen-bond acceptors (Lipinski definition) is 2. The molecule has 1 aliphatic rings. The minimum absolute atomic E-state index is 0.280. The number of ketones is 1. The zero-order valence-electron chi connectivity index (χ0n) is 11.5. The second kappa shape index (κ2) is 5.66. The Kier molecular flexibility index (Phi) is 4.18. The Morgan fingerprint density at radius 2 is 1.67 bits per heavy atom. The van der Waals surface area contributed by atoms with Gasteiger partial charge in [-0.3, -0.25) is 9.69 Å². The van der Waals surface area contributed by atoms with E-state index in [-0.39, 0.29) is 5.54 Å². The smallest absolute Gasteiger partial charge is 0.183 e. The summed E-state index contributed by atoms with van der Waals surface area (Å²) in [5.41, 5.74) is 0.575. The van der Waals surface area contributed by atoms with Crippen molar-refractivity contribution in [3.63, 3.8) is 0 Å². The molecule has 0 atom stereocenters. The van der Waals surface area contributed by atoms with Crippen LogP contribution in [0.1, 0.15) is 49.9 Å². The zero-order chi connectivity index (χ0) is 13.0. The number of benzene rings is 1. The molecule has 0 saturated carbocycles. The van der Waals surface area contributed by atoms with E-state index in [0.29, 0.717) is 5.78 Å². The summed E-state index contributed by atoms with van der Waals surface area (Å²) in [6.45, 7) is 6.42. The summed E-state index contributed by atoms with van der Waals surface area (Å²) >= 11 is 0. The predicted octanol–water partition coefficient (Wildman–Crippen LogP) is 3.52. The van der Waals surface area contributed by atoms with Gasteiger partial charge in [-0.15, -0.1) is 0 Å². The summed E-state index contributed by atoms with van der Waals surface area (Å²) in [5.74, 6) is 0.301. The minimum atomic E-state index is -0.280. The molecular weight excluding hydrogens is 222 g/mol. The first-order valence-electron chi connectivity index (χ1n) is 7.09. The molecule has 0 unspecified atom stereocenters. The molecule has 18 heavy (non-hydrogen) atoms. The first kappa shape index (κ1) is 13.3. The lowest BCUT2D eigenvalue weighted by molar-refractivity contribution is 0.0581. The fourth-order valence-electron chi connectivity index (χ4n) is 3.17. The Labute approximate surface area is 110 Å². The highest BCUT2D eigenvalue weighted by atomic mass is 16.1. The third-order valence-electron chi connectivity index (χ3n) is 4.34. The van der Waals surface area contributed by atoms with Crippen LogP contribution in [-0.2, 0) is 0 Å². The molecule has 1 saturated heterocycles. The Morgan fingerprint density at radius 1 is 1.11 bits per heavy atom. The first-order valence-corrected chi connectivity index (χ1v) is 7.09. The molecule has 0 radical (unpaired) electrons. The van der Waals surface area contributed by atoms with E-state index in [1.165, 1.54) is 12.8 Å². The highest BCUT2D eigenvalue weighted by Gasteiger charge is 2.41. The maximum atomic E-state index is 12.9. The van der Waals surface area contributed by atoms with Crippen molar-refractivity contribution in [2.45, 2.75) is 45.1 Å². The number of carbonyl (C=O) groups is 1. The number of rotatable bonds is 5. The second-order valence-corrected chi connectivity index (χ2v) is 5.13. The Balaban J connectivity index is 2.32. The van der Waals surface area contributed by atoms with Crippen LogP contribution < -0.4 is 0 Å². The summed E-state index contributed by atoms with van der Waals surface area (Å²) in [4.78, 5) is 15.3. The van der Waals surface area contributed by atoms with Crippen LogP contribution in [0, 0.1) is 0 Å². The Morgan fingerprint density at radius 3 is 2.17 bits per heavy atom. The number of Topliss-reactive ketones (excluding diaryl/α,β-unsaturated/α-hetero) is 1. The van der Waals surface area contributed by atoms with Gasteiger partial charge >= 0.3 is 0 Å². The van der Waals surface area contributed by atoms with Crippen LogP contribution >= 0.6 is 0 Å². The van der Waals surface area contributed by atoms with Gasteiger partial charge in [0.1, 0.15) is 0 Å². The molecule has 1 aliphatic heterocycles. The van der Waals surface area contributed by atoms with Crippen molar-refractivity contribution in [3.8, 4) is 0 Å². The van der Waals surface area contributed by atoms with Gasteiger partial charge in [0, 0.05) is 5.56 Å². The van der Waals surface area contributed by atoms with Crippen molar-refractivity contribution in [1.29, 1.82) is 0 Å². The van der Waals surface area contributed by atoms with Gasteiger partial charge in [0.2, 0.25) is 0 Å². The van der Waals surface area contributed by atoms with E-state index in [9.17, 15) is 4.79 Å². The monoisotopic (exact) mass is 245 g/mol. The normalized spacial score (nSPS) is 17.0. The van der Waals surface area contributed by atoms with Crippen LogP contribution in [0.2, 0.25) is 0 Å². The maximum Gasteiger partial charge on any atom is 0.183 e. The molecule has 0 bridgehead atoms. The van der Waals surface area contributed by atoms with Crippen molar-refractivity contribution < 1.29 is 4.79 Å². The first-order chi connectivity index (χ1) is 8.74. The predicted molar refractivity (Wildman–Crippen MR) is 74.9 cm³/mol. The van der Waals surface area contributed by atoms with Crippen LogP contribution in [-0.4, -0.2) is 29.3 Å². The standard InChI is InChI=1S/C16H23NO/c1-3-16(4-2,17-12-8-9-13-17)15(18)14-10-6-5-7-11-14/h5-7,10-11H,3-4,8-9,12-13H2,1-2H3. The molecule has 1 aromatic rings. The van der Waals surface area contributed by atoms with E-state index in [1.807, 2.05) is 30.3 Å². The number of hydrogen-bond donors (Lipinski definition) is 0. The molecule has 0 spiro atoms. The Hall–Kier alpha value is -1.15. The van der Waals surface area contributed by atoms with E-state index in [0.717, 1.165) is 31.5 Å². The van der Waals surface area contributed by atoms with Crippen LogP contribution in [0.25, 0.3) is 0 Å². The summed E-state index contributed by atoms with van der Waals surface area (Å²) in [5, 5.41) is 0. The lowest BCUT2D eigenvalue weighted by Crippen LogP contribution is -2.52. The molecule has 2 nitrogen and oxygen atoms in total. The lowest BCUT2D eigenvalue weighted by atomic mass is 9.83. The summed E-state index contributed by atoms with van der Waals surface area (Å²) in [6.07, 6.45) is 4.25. The van der Waals surface area contributed by atoms with Gasteiger partial charge in [0.25, 0.3) is 0 Å². The zero-order valence-corrected chi connectivity index (χ0v) is 11.5. The number of likely N-dealkylation sites (tertiary alicyclic amines) is 1. The molecule has 0 aliphatic carbocycles. The second-order valence-electron chi connectivity index (χ2n) is 5.13. The highest BCUT2D eigenvalue weighted by molar-refractivity contribution is 6.03. The van der Waals surface area contributed by atoms with E-state index >= 15 is 0 Å². The Bertz CT molecular complexity index is 389. The lowest BCUT2D eigenvalue weighted by Gasteiger charge is -2.39. The molecule has 0 N–H and O–H groups in total. The van der Waals surface area contributed by atoms with Crippen LogP contribution in [0.5, 0.6) is 0 Å². The van der Waals surface area contributed by atoms with Crippen LogP contribution in [0.3, 0.4) is 0 Å².